The normalized spacial score (nSPS) is 12.1. The Bertz CT molecular complexity index is 299. The minimum Gasteiger partial charge on any atom is -0.324 e. The van der Waals surface area contributed by atoms with Crippen LogP contribution in [0.3, 0.4) is 0 Å². The van der Waals surface area contributed by atoms with Gasteiger partial charge in [-0.15, -0.1) is 6.42 Å². The molecule has 0 aliphatic carbocycles. The van der Waals surface area contributed by atoms with Crippen LogP contribution in [0.4, 0.5) is 0 Å². The van der Waals surface area contributed by atoms with Crippen molar-refractivity contribution in [1.82, 2.24) is 4.98 Å². The number of terminal acetylenes is 1. The van der Waals surface area contributed by atoms with Crippen LogP contribution in [0.1, 0.15) is 30.5 Å². The average Bonchev–Trinajstić information content (AvgIpc) is 2.16. The number of hydrogen-bond donors (Lipinski definition) is 1. The van der Waals surface area contributed by atoms with Crippen LogP contribution < -0.4 is 5.73 Å². The second-order valence-corrected chi connectivity index (χ2v) is 2.62. The summed E-state index contributed by atoms with van der Waals surface area (Å²) in [5, 5.41) is 0. The Morgan fingerprint density at radius 3 is 3.08 bits per heavy atom. The van der Waals surface area contributed by atoms with Gasteiger partial charge in [0, 0.05) is 29.6 Å². The molecule has 1 unspecified atom stereocenters. The van der Waals surface area contributed by atoms with Crippen LogP contribution in [0.25, 0.3) is 0 Å². The summed E-state index contributed by atoms with van der Waals surface area (Å²) in [6.07, 6.45) is 9.61. The van der Waals surface area contributed by atoms with Crippen LogP contribution in [-0.4, -0.2) is 4.98 Å². The van der Waals surface area contributed by atoms with E-state index in [0.717, 1.165) is 17.5 Å². The summed E-state index contributed by atoms with van der Waals surface area (Å²) in [5.74, 6) is 2.59. The predicted octanol–water partition coefficient (Wildman–Crippen LogP) is 1.47. The largest absolute Gasteiger partial charge is 0.324 e. The Morgan fingerprint density at radius 1 is 1.75 bits per heavy atom. The number of rotatable bonds is 2. The van der Waals surface area contributed by atoms with Crippen molar-refractivity contribution >= 4 is 0 Å². The maximum Gasteiger partial charge on any atom is 0.0328 e. The zero-order valence-electron chi connectivity index (χ0n) is 7.12. The monoisotopic (exact) mass is 160 g/mol. The molecule has 62 valence electrons. The van der Waals surface area contributed by atoms with Crippen LogP contribution >= 0.6 is 0 Å². The maximum absolute atomic E-state index is 5.84. The lowest BCUT2D eigenvalue weighted by Crippen LogP contribution is -2.10. The summed E-state index contributed by atoms with van der Waals surface area (Å²) in [7, 11) is 0. The zero-order valence-corrected chi connectivity index (χ0v) is 7.12. The topological polar surface area (TPSA) is 38.9 Å². The summed E-state index contributed by atoms with van der Waals surface area (Å²) in [5.41, 5.74) is 7.64. The molecule has 0 aliphatic rings. The summed E-state index contributed by atoms with van der Waals surface area (Å²) in [4.78, 5) is 3.99. The summed E-state index contributed by atoms with van der Waals surface area (Å²) >= 11 is 0. The SMILES string of the molecule is C#Cc1ccncc1C(N)CC. The maximum atomic E-state index is 5.84. The van der Waals surface area contributed by atoms with Gasteiger partial charge in [-0.05, 0) is 12.5 Å². The number of nitrogens with zero attached hydrogens (tertiary/aromatic N) is 1. The molecule has 2 heteroatoms. The third-order valence-electron chi connectivity index (χ3n) is 1.85. The first kappa shape index (κ1) is 8.76. The van der Waals surface area contributed by atoms with Crippen LogP contribution in [0.5, 0.6) is 0 Å². The molecular formula is C10H12N2. The Labute approximate surface area is 72.8 Å². The van der Waals surface area contributed by atoms with Gasteiger partial charge in [0.25, 0.3) is 0 Å². The fraction of sp³-hybridized carbons (Fsp3) is 0.300. The third kappa shape index (κ3) is 1.63. The van der Waals surface area contributed by atoms with Gasteiger partial charge in [-0.1, -0.05) is 12.8 Å². The highest BCUT2D eigenvalue weighted by atomic mass is 14.7. The predicted molar refractivity (Wildman–Crippen MR) is 49.4 cm³/mol. The molecule has 0 saturated heterocycles. The second kappa shape index (κ2) is 3.89. The van der Waals surface area contributed by atoms with Gasteiger partial charge in [-0.3, -0.25) is 4.98 Å². The van der Waals surface area contributed by atoms with E-state index in [4.69, 9.17) is 12.2 Å². The highest BCUT2D eigenvalue weighted by molar-refractivity contribution is 5.39. The van der Waals surface area contributed by atoms with Gasteiger partial charge in [0.15, 0.2) is 0 Å². The molecule has 0 bridgehead atoms. The van der Waals surface area contributed by atoms with Crippen molar-refractivity contribution in [1.29, 1.82) is 0 Å². The molecule has 0 aliphatic heterocycles. The van der Waals surface area contributed by atoms with E-state index in [0.29, 0.717) is 0 Å². The second-order valence-electron chi connectivity index (χ2n) is 2.62. The Kier molecular flexibility index (Phi) is 2.84. The highest BCUT2D eigenvalue weighted by Gasteiger charge is 2.06. The van der Waals surface area contributed by atoms with Gasteiger partial charge in [0.2, 0.25) is 0 Å². The van der Waals surface area contributed by atoms with Crippen LogP contribution in [0, 0.1) is 12.3 Å². The molecular weight excluding hydrogens is 148 g/mol. The molecule has 2 N–H and O–H groups in total. The fourth-order valence-corrected chi connectivity index (χ4v) is 1.05. The van der Waals surface area contributed by atoms with Crippen LogP contribution in [0.15, 0.2) is 18.5 Å². The van der Waals surface area contributed by atoms with Gasteiger partial charge >= 0.3 is 0 Å². The molecule has 0 amide bonds. The van der Waals surface area contributed by atoms with E-state index in [9.17, 15) is 0 Å². The lowest BCUT2D eigenvalue weighted by Gasteiger charge is -2.09. The molecule has 1 rings (SSSR count). The molecule has 2 nitrogen and oxygen atoms in total. The highest BCUT2D eigenvalue weighted by Crippen LogP contribution is 2.15. The third-order valence-corrected chi connectivity index (χ3v) is 1.85. The molecule has 12 heavy (non-hydrogen) atoms. The van der Waals surface area contributed by atoms with E-state index in [-0.39, 0.29) is 6.04 Å². The van der Waals surface area contributed by atoms with Gasteiger partial charge < -0.3 is 5.73 Å². The Morgan fingerprint density at radius 2 is 2.50 bits per heavy atom. The first-order valence-electron chi connectivity index (χ1n) is 3.95. The average molecular weight is 160 g/mol. The molecule has 1 atom stereocenters. The van der Waals surface area contributed by atoms with E-state index in [1.807, 2.05) is 13.0 Å². The first-order chi connectivity index (χ1) is 5.79. The van der Waals surface area contributed by atoms with E-state index >= 15 is 0 Å². The Hall–Kier alpha value is -1.33. The fourth-order valence-electron chi connectivity index (χ4n) is 1.05. The first-order valence-corrected chi connectivity index (χ1v) is 3.95. The van der Waals surface area contributed by atoms with E-state index < -0.39 is 0 Å². The van der Waals surface area contributed by atoms with Crippen LogP contribution in [0.2, 0.25) is 0 Å². The van der Waals surface area contributed by atoms with E-state index in [2.05, 4.69) is 10.9 Å². The van der Waals surface area contributed by atoms with Crippen molar-refractivity contribution in [2.75, 3.05) is 0 Å². The molecule has 0 saturated carbocycles. The zero-order chi connectivity index (χ0) is 8.97. The summed E-state index contributed by atoms with van der Waals surface area (Å²) in [6, 6.07) is 1.81. The molecule has 1 heterocycles. The minimum atomic E-state index is 0.00440. The smallest absolute Gasteiger partial charge is 0.0328 e. The van der Waals surface area contributed by atoms with Crippen molar-refractivity contribution in [3.63, 3.8) is 0 Å². The van der Waals surface area contributed by atoms with E-state index in [1.165, 1.54) is 0 Å². The number of pyridine rings is 1. The Balaban J connectivity index is 3.07. The lowest BCUT2D eigenvalue weighted by atomic mass is 10.0. The molecule has 0 fully saturated rings. The molecule has 1 aromatic rings. The lowest BCUT2D eigenvalue weighted by molar-refractivity contribution is 0.693. The van der Waals surface area contributed by atoms with Gasteiger partial charge in [-0.2, -0.15) is 0 Å². The standard InChI is InChI=1S/C10H12N2/c1-3-8-5-6-12-7-9(8)10(11)4-2/h1,5-7,10H,4,11H2,2H3. The van der Waals surface area contributed by atoms with Crippen molar-refractivity contribution < 1.29 is 0 Å². The molecule has 1 aromatic heterocycles. The molecule has 0 aromatic carbocycles. The summed E-state index contributed by atoms with van der Waals surface area (Å²) < 4.78 is 0. The van der Waals surface area contributed by atoms with Crippen LogP contribution in [-0.2, 0) is 0 Å². The van der Waals surface area contributed by atoms with Gasteiger partial charge in [-0.25, -0.2) is 0 Å². The van der Waals surface area contributed by atoms with Gasteiger partial charge in [0.05, 0.1) is 0 Å². The molecule has 0 spiro atoms. The quantitative estimate of drug-likeness (QED) is 0.665. The number of aromatic nitrogens is 1. The van der Waals surface area contributed by atoms with Crippen molar-refractivity contribution in [2.24, 2.45) is 5.73 Å². The van der Waals surface area contributed by atoms with Crippen molar-refractivity contribution in [2.45, 2.75) is 19.4 Å². The van der Waals surface area contributed by atoms with E-state index in [1.54, 1.807) is 12.4 Å². The van der Waals surface area contributed by atoms with Crippen molar-refractivity contribution in [3.05, 3.63) is 29.6 Å². The molecule has 0 radical (unpaired) electrons. The van der Waals surface area contributed by atoms with Gasteiger partial charge in [0.1, 0.15) is 0 Å². The minimum absolute atomic E-state index is 0.00440. The number of nitrogens with two attached hydrogens (primary N) is 1. The van der Waals surface area contributed by atoms with Crippen molar-refractivity contribution in [3.8, 4) is 12.3 Å². The number of hydrogen-bond acceptors (Lipinski definition) is 2. The summed E-state index contributed by atoms with van der Waals surface area (Å²) in [6.45, 7) is 2.03.